The van der Waals surface area contributed by atoms with Gasteiger partial charge in [0, 0.05) is 41.7 Å². The lowest BCUT2D eigenvalue weighted by Crippen LogP contribution is -2.31. The largest absolute Gasteiger partial charge is 0.352 e. The molecule has 0 radical (unpaired) electrons. The first kappa shape index (κ1) is 16.5. The molecule has 0 saturated carbocycles. The number of halogens is 1. The number of carbonyl (C=O) groups is 2. The molecule has 2 aromatic carbocycles. The highest BCUT2D eigenvalue weighted by molar-refractivity contribution is 6.30. The smallest absolute Gasteiger partial charge is 0.251 e. The van der Waals surface area contributed by atoms with E-state index in [1.807, 2.05) is 37.3 Å². The van der Waals surface area contributed by atoms with Crippen LogP contribution in [0.15, 0.2) is 48.5 Å². The fourth-order valence-electron chi connectivity index (χ4n) is 2.91. The lowest BCUT2D eigenvalue weighted by molar-refractivity contribution is -0.117. The Labute approximate surface area is 146 Å². The molecule has 0 bridgehead atoms. The zero-order valence-corrected chi connectivity index (χ0v) is 14.2. The molecule has 1 N–H and O–H groups in total. The zero-order chi connectivity index (χ0) is 17.1. The van der Waals surface area contributed by atoms with E-state index >= 15 is 0 Å². The second-order valence-electron chi connectivity index (χ2n) is 6.13. The van der Waals surface area contributed by atoms with Crippen LogP contribution in [0.2, 0.25) is 5.02 Å². The summed E-state index contributed by atoms with van der Waals surface area (Å²) in [7, 11) is 0. The lowest BCUT2D eigenvalue weighted by Gasteiger charge is -2.17. The first-order chi connectivity index (χ1) is 11.5. The Bertz CT molecular complexity index is 758. The number of nitrogens with one attached hydrogen (secondary N) is 1. The topological polar surface area (TPSA) is 49.4 Å². The Morgan fingerprint density at radius 2 is 2.00 bits per heavy atom. The summed E-state index contributed by atoms with van der Waals surface area (Å²) in [5, 5.41) is 3.58. The van der Waals surface area contributed by atoms with Crippen LogP contribution in [-0.4, -0.2) is 24.9 Å². The van der Waals surface area contributed by atoms with Gasteiger partial charge in [0.2, 0.25) is 5.91 Å². The second-order valence-corrected chi connectivity index (χ2v) is 6.57. The van der Waals surface area contributed by atoms with Crippen LogP contribution < -0.4 is 10.2 Å². The van der Waals surface area contributed by atoms with E-state index < -0.39 is 0 Å². The van der Waals surface area contributed by atoms with Crippen molar-refractivity contribution in [3.63, 3.8) is 0 Å². The van der Waals surface area contributed by atoms with Gasteiger partial charge in [0.15, 0.2) is 0 Å². The van der Waals surface area contributed by atoms with Gasteiger partial charge >= 0.3 is 0 Å². The number of nitrogens with zero attached hydrogens (tertiary/aromatic N) is 1. The Morgan fingerprint density at radius 1 is 1.25 bits per heavy atom. The standard InChI is InChI=1S/C19H19ClN2O2/c1-13-3-2-4-15(9-13)19(24)21-11-14-10-18(23)22(12-14)17-7-5-16(20)6-8-17/h2-9,14H,10-12H2,1H3,(H,21,24). The van der Waals surface area contributed by atoms with Gasteiger partial charge in [-0.05, 0) is 43.3 Å². The maximum atomic E-state index is 12.2. The number of aryl methyl sites for hydroxylation is 1. The predicted octanol–water partition coefficient (Wildman–Crippen LogP) is 3.43. The summed E-state index contributed by atoms with van der Waals surface area (Å²) in [5.41, 5.74) is 2.54. The number of carbonyl (C=O) groups excluding carboxylic acids is 2. The first-order valence-electron chi connectivity index (χ1n) is 7.94. The molecule has 1 saturated heterocycles. The highest BCUT2D eigenvalue weighted by Crippen LogP contribution is 2.26. The van der Waals surface area contributed by atoms with E-state index in [9.17, 15) is 9.59 Å². The molecule has 1 atom stereocenters. The van der Waals surface area contributed by atoms with E-state index in [0.717, 1.165) is 11.3 Å². The van der Waals surface area contributed by atoms with E-state index in [1.165, 1.54) is 0 Å². The third-order valence-corrected chi connectivity index (χ3v) is 4.43. The number of benzene rings is 2. The van der Waals surface area contributed by atoms with Crippen molar-refractivity contribution in [1.29, 1.82) is 0 Å². The lowest BCUT2D eigenvalue weighted by atomic mass is 10.1. The van der Waals surface area contributed by atoms with Crippen molar-refractivity contribution in [3.8, 4) is 0 Å². The summed E-state index contributed by atoms with van der Waals surface area (Å²) in [6, 6.07) is 14.7. The normalized spacial score (nSPS) is 17.2. The van der Waals surface area contributed by atoms with E-state index in [-0.39, 0.29) is 17.7 Å². The van der Waals surface area contributed by atoms with Crippen molar-refractivity contribution in [3.05, 3.63) is 64.7 Å². The van der Waals surface area contributed by atoms with Crippen LogP contribution in [0, 0.1) is 12.8 Å². The van der Waals surface area contributed by atoms with Gasteiger partial charge in [-0.3, -0.25) is 9.59 Å². The molecule has 0 aromatic heterocycles. The monoisotopic (exact) mass is 342 g/mol. The van der Waals surface area contributed by atoms with E-state index in [4.69, 9.17) is 11.6 Å². The molecule has 1 aliphatic heterocycles. The summed E-state index contributed by atoms with van der Waals surface area (Å²) in [6.07, 6.45) is 0.441. The quantitative estimate of drug-likeness (QED) is 0.925. The SMILES string of the molecule is Cc1cccc(C(=O)NCC2CC(=O)N(c3ccc(Cl)cc3)C2)c1. The Kier molecular flexibility index (Phi) is 4.86. The molecule has 2 aromatic rings. The highest BCUT2D eigenvalue weighted by Gasteiger charge is 2.30. The summed E-state index contributed by atoms with van der Waals surface area (Å²) in [5.74, 6) is 0.0881. The maximum Gasteiger partial charge on any atom is 0.251 e. The average Bonchev–Trinajstić information content (AvgIpc) is 2.94. The summed E-state index contributed by atoms with van der Waals surface area (Å²) >= 11 is 5.89. The molecule has 1 fully saturated rings. The van der Waals surface area contributed by atoms with Gasteiger partial charge in [-0.25, -0.2) is 0 Å². The van der Waals surface area contributed by atoms with Crippen LogP contribution in [0.1, 0.15) is 22.3 Å². The van der Waals surface area contributed by atoms with Crippen LogP contribution in [-0.2, 0) is 4.79 Å². The summed E-state index contributed by atoms with van der Waals surface area (Å²) in [6.45, 7) is 3.05. The van der Waals surface area contributed by atoms with Gasteiger partial charge in [0.05, 0.1) is 0 Å². The average molecular weight is 343 g/mol. The predicted molar refractivity (Wildman–Crippen MR) is 95.4 cm³/mol. The van der Waals surface area contributed by atoms with Gasteiger partial charge in [0.1, 0.15) is 0 Å². The Morgan fingerprint density at radius 3 is 2.71 bits per heavy atom. The first-order valence-corrected chi connectivity index (χ1v) is 8.31. The molecule has 1 heterocycles. The summed E-state index contributed by atoms with van der Waals surface area (Å²) in [4.78, 5) is 26.2. The third-order valence-electron chi connectivity index (χ3n) is 4.17. The van der Waals surface area contributed by atoms with E-state index in [1.54, 1.807) is 23.1 Å². The Hall–Kier alpha value is -2.33. The molecule has 3 rings (SSSR count). The van der Waals surface area contributed by atoms with Crippen molar-refractivity contribution in [2.24, 2.45) is 5.92 Å². The molecule has 5 heteroatoms. The Balaban J connectivity index is 1.58. The van der Waals surface area contributed by atoms with Crippen LogP contribution in [0.25, 0.3) is 0 Å². The van der Waals surface area contributed by atoms with Crippen LogP contribution in [0.3, 0.4) is 0 Å². The van der Waals surface area contributed by atoms with Crippen LogP contribution >= 0.6 is 11.6 Å². The minimum atomic E-state index is -0.101. The number of hydrogen-bond donors (Lipinski definition) is 1. The number of anilines is 1. The summed E-state index contributed by atoms with van der Waals surface area (Å²) < 4.78 is 0. The van der Waals surface area contributed by atoms with Crippen LogP contribution in [0.5, 0.6) is 0 Å². The van der Waals surface area contributed by atoms with E-state index in [2.05, 4.69) is 5.32 Å². The molecule has 0 aliphatic carbocycles. The molecule has 1 aliphatic rings. The minimum absolute atomic E-state index is 0.0760. The van der Waals surface area contributed by atoms with Gasteiger partial charge in [-0.1, -0.05) is 29.3 Å². The third kappa shape index (κ3) is 3.77. The van der Waals surface area contributed by atoms with E-state index in [0.29, 0.717) is 30.1 Å². The number of rotatable bonds is 4. The molecule has 0 spiro atoms. The van der Waals surface area contributed by atoms with Gasteiger partial charge in [0.25, 0.3) is 5.91 Å². The molecule has 124 valence electrons. The molecule has 4 nitrogen and oxygen atoms in total. The van der Waals surface area contributed by atoms with Crippen molar-refractivity contribution in [2.75, 3.05) is 18.0 Å². The van der Waals surface area contributed by atoms with Crippen LogP contribution in [0.4, 0.5) is 5.69 Å². The second kappa shape index (κ2) is 7.05. The van der Waals surface area contributed by atoms with Gasteiger partial charge in [-0.15, -0.1) is 0 Å². The van der Waals surface area contributed by atoms with Crippen molar-refractivity contribution < 1.29 is 9.59 Å². The molecule has 24 heavy (non-hydrogen) atoms. The molecular formula is C19H19ClN2O2. The number of amides is 2. The fourth-order valence-corrected chi connectivity index (χ4v) is 3.04. The minimum Gasteiger partial charge on any atom is -0.352 e. The van der Waals surface area contributed by atoms with Gasteiger partial charge < -0.3 is 10.2 Å². The van der Waals surface area contributed by atoms with Gasteiger partial charge in [-0.2, -0.15) is 0 Å². The van der Waals surface area contributed by atoms with Crippen molar-refractivity contribution in [2.45, 2.75) is 13.3 Å². The highest BCUT2D eigenvalue weighted by atomic mass is 35.5. The number of hydrogen-bond acceptors (Lipinski definition) is 2. The fraction of sp³-hybridized carbons (Fsp3) is 0.263. The zero-order valence-electron chi connectivity index (χ0n) is 13.5. The van der Waals surface area contributed by atoms with Crippen molar-refractivity contribution >= 4 is 29.1 Å². The molecular weight excluding hydrogens is 324 g/mol. The van der Waals surface area contributed by atoms with Crippen molar-refractivity contribution in [1.82, 2.24) is 5.32 Å². The molecule has 2 amide bonds. The maximum absolute atomic E-state index is 12.2. The molecule has 1 unspecified atom stereocenters.